The summed E-state index contributed by atoms with van der Waals surface area (Å²) < 4.78 is 5.33. The molecular formula is C9H14O3S. The third kappa shape index (κ3) is 3.85. The highest BCUT2D eigenvalue weighted by molar-refractivity contribution is 7.98. The Balaban J connectivity index is 2.20. The van der Waals surface area contributed by atoms with Crippen LogP contribution >= 0.6 is 11.8 Å². The van der Waals surface area contributed by atoms with Gasteiger partial charge in [-0.1, -0.05) is 0 Å². The first-order valence-electron chi connectivity index (χ1n) is 4.14. The van der Waals surface area contributed by atoms with Gasteiger partial charge in [-0.15, -0.1) is 0 Å². The van der Waals surface area contributed by atoms with Gasteiger partial charge in [-0.2, -0.15) is 11.8 Å². The van der Waals surface area contributed by atoms with Gasteiger partial charge in [-0.3, -0.25) is 0 Å². The predicted octanol–water partition coefficient (Wildman–Crippen LogP) is 1.17. The molecule has 0 fully saturated rings. The summed E-state index contributed by atoms with van der Waals surface area (Å²) in [4.78, 5) is 0. The monoisotopic (exact) mass is 202 g/mol. The molecule has 74 valence electrons. The van der Waals surface area contributed by atoms with Crippen LogP contribution in [0.25, 0.3) is 0 Å². The fourth-order valence-corrected chi connectivity index (χ4v) is 1.76. The van der Waals surface area contributed by atoms with Crippen LogP contribution in [0.2, 0.25) is 0 Å². The number of aliphatic hydroxyl groups is 2. The molecule has 1 atom stereocenters. The molecule has 1 aromatic rings. The van der Waals surface area contributed by atoms with Crippen molar-refractivity contribution in [3.05, 3.63) is 23.7 Å². The van der Waals surface area contributed by atoms with E-state index in [1.807, 2.05) is 19.1 Å². The summed E-state index contributed by atoms with van der Waals surface area (Å²) in [6, 6.07) is 3.84. The summed E-state index contributed by atoms with van der Waals surface area (Å²) in [5.41, 5.74) is 0. The highest BCUT2D eigenvalue weighted by Crippen LogP contribution is 2.15. The average Bonchev–Trinajstić information content (AvgIpc) is 2.51. The van der Waals surface area contributed by atoms with Gasteiger partial charge in [-0.25, -0.2) is 0 Å². The smallest absolute Gasteiger partial charge is 0.114 e. The lowest BCUT2D eigenvalue weighted by molar-refractivity contribution is 0.113. The van der Waals surface area contributed by atoms with Gasteiger partial charge in [0.1, 0.15) is 11.5 Å². The SMILES string of the molecule is Cc1ccc(CSCC(O)CO)o1. The van der Waals surface area contributed by atoms with Gasteiger partial charge in [0.15, 0.2) is 0 Å². The predicted molar refractivity (Wildman–Crippen MR) is 52.7 cm³/mol. The van der Waals surface area contributed by atoms with Gasteiger partial charge in [0, 0.05) is 5.75 Å². The molecule has 1 unspecified atom stereocenters. The van der Waals surface area contributed by atoms with Crippen molar-refractivity contribution in [2.75, 3.05) is 12.4 Å². The van der Waals surface area contributed by atoms with Crippen LogP contribution in [0.15, 0.2) is 16.5 Å². The highest BCUT2D eigenvalue weighted by Gasteiger charge is 2.03. The molecule has 0 spiro atoms. The zero-order valence-electron chi connectivity index (χ0n) is 7.56. The van der Waals surface area contributed by atoms with Crippen molar-refractivity contribution in [2.45, 2.75) is 18.8 Å². The lowest BCUT2D eigenvalue weighted by Crippen LogP contribution is -2.14. The molecule has 1 aromatic heterocycles. The van der Waals surface area contributed by atoms with Crippen LogP contribution in [0, 0.1) is 6.92 Å². The standard InChI is InChI=1S/C9H14O3S/c1-7-2-3-9(12-7)6-13-5-8(11)4-10/h2-3,8,10-11H,4-6H2,1H3. The second-order valence-electron chi connectivity index (χ2n) is 2.86. The number of thioether (sulfide) groups is 1. The van der Waals surface area contributed by atoms with Crippen molar-refractivity contribution in [3.8, 4) is 0 Å². The first-order chi connectivity index (χ1) is 6.22. The summed E-state index contributed by atoms with van der Waals surface area (Å²) in [6.07, 6.45) is -0.624. The maximum atomic E-state index is 9.04. The van der Waals surface area contributed by atoms with E-state index in [4.69, 9.17) is 14.6 Å². The van der Waals surface area contributed by atoms with Crippen molar-refractivity contribution in [2.24, 2.45) is 0 Å². The molecule has 0 amide bonds. The molecule has 1 rings (SSSR count). The third-order valence-corrected chi connectivity index (χ3v) is 2.67. The second-order valence-corrected chi connectivity index (χ2v) is 3.89. The van der Waals surface area contributed by atoms with Gasteiger partial charge in [0.05, 0.1) is 18.5 Å². The Labute approximate surface area is 81.8 Å². The summed E-state index contributed by atoms with van der Waals surface area (Å²) in [7, 11) is 0. The van der Waals surface area contributed by atoms with Crippen molar-refractivity contribution in [3.63, 3.8) is 0 Å². The number of aliphatic hydroxyl groups excluding tert-OH is 2. The zero-order chi connectivity index (χ0) is 9.68. The Bertz CT molecular complexity index is 247. The molecule has 2 N–H and O–H groups in total. The Hall–Kier alpha value is -0.450. The second kappa shape index (κ2) is 5.32. The fraction of sp³-hybridized carbons (Fsp3) is 0.556. The van der Waals surface area contributed by atoms with Crippen molar-refractivity contribution in [1.82, 2.24) is 0 Å². The minimum atomic E-state index is -0.624. The van der Waals surface area contributed by atoms with Gasteiger partial charge in [-0.05, 0) is 19.1 Å². The summed E-state index contributed by atoms with van der Waals surface area (Å²) in [6.45, 7) is 1.72. The Morgan fingerprint density at radius 2 is 2.31 bits per heavy atom. The van der Waals surface area contributed by atoms with E-state index >= 15 is 0 Å². The molecular weight excluding hydrogens is 188 g/mol. The van der Waals surface area contributed by atoms with E-state index in [-0.39, 0.29) is 6.61 Å². The molecule has 0 radical (unpaired) electrons. The van der Waals surface area contributed by atoms with Gasteiger partial charge >= 0.3 is 0 Å². The van der Waals surface area contributed by atoms with Crippen LogP contribution in [0.4, 0.5) is 0 Å². The van der Waals surface area contributed by atoms with Crippen LogP contribution in [0.5, 0.6) is 0 Å². The summed E-state index contributed by atoms with van der Waals surface area (Å²) >= 11 is 1.55. The topological polar surface area (TPSA) is 53.6 Å². The molecule has 0 aromatic carbocycles. The lowest BCUT2D eigenvalue weighted by Gasteiger charge is -2.04. The number of rotatable bonds is 5. The Kier molecular flexibility index (Phi) is 4.35. The van der Waals surface area contributed by atoms with Crippen LogP contribution in [0.1, 0.15) is 11.5 Å². The number of hydrogen-bond donors (Lipinski definition) is 2. The first-order valence-corrected chi connectivity index (χ1v) is 5.30. The molecule has 0 aliphatic carbocycles. The highest BCUT2D eigenvalue weighted by atomic mass is 32.2. The quantitative estimate of drug-likeness (QED) is 0.752. The van der Waals surface area contributed by atoms with E-state index in [0.717, 1.165) is 17.3 Å². The number of furan rings is 1. The number of aryl methyl sites for hydroxylation is 1. The molecule has 3 nitrogen and oxygen atoms in total. The van der Waals surface area contributed by atoms with Crippen molar-refractivity contribution < 1.29 is 14.6 Å². The minimum Gasteiger partial charge on any atom is -0.466 e. The Morgan fingerprint density at radius 3 is 2.85 bits per heavy atom. The van der Waals surface area contributed by atoms with Crippen LogP contribution in [0.3, 0.4) is 0 Å². The molecule has 13 heavy (non-hydrogen) atoms. The molecule has 0 bridgehead atoms. The van der Waals surface area contributed by atoms with E-state index in [1.165, 1.54) is 0 Å². The summed E-state index contributed by atoms with van der Waals surface area (Å²) in [5.74, 6) is 3.09. The molecule has 0 saturated heterocycles. The van der Waals surface area contributed by atoms with Gasteiger partial charge in [0.2, 0.25) is 0 Å². The first kappa shape index (κ1) is 10.6. The van der Waals surface area contributed by atoms with E-state index in [1.54, 1.807) is 11.8 Å². The largest absolute Gasteiger partial charge is 0.466 e. The number of hydrogen-bond acceptors (Lipinski definition) is 4. The minimum absolute atomic E-state index is 0.176. The van der Waals surface area contributed by atoms with E-state index in [2.05, 4.69) is 0 Å². The van der Waals surface area contributed by atoms with E-state index in [9.17, 15) is 0 Å². The maximum absolute atomic E-state index is 9.04. The summed E-state index contributed by atoms with van der Waals surface area (Å²) in [5, 5.41) is 17.6. The Morgan fingerprint density at radius 1 is 1.54 bits per heavy atom. The molecule has 0 aliphatic rings. The van der Waals surface area contributed by atoms with Gasteiger partial charge in [0.25, 0.3) is 0 Å². The van der Waals surface area contributed by atoms with Crippen molar-refractivity contribution >= 4 is 11.8 Å². The van der Waals surface area contributed by atoms with Crippen molar-refractivity contribution in [1.29, 1.82) is 0 Å². The zero-order valence-corrected chi connectivity index (χ0v) is 8.38. The normalized spacial score (nSPS) is 13.2. The molecule has 4 heteroatoms. The molecule has 0 aliphatic heterocycles. The van der Waals surface area contributed by atoms with E-state index in [0.29, 0.717) is 5.75 Å². The fourth-order valence-electron chi connectivity index (χ4n) is 0.911. The van der Waals surface area contributed by atoms with Gasteiger partial charge < -0.3 is 14.6 Å². The van der Waals surface area contributed by atoms with Crippen LogP contribution in [-0.4, -0.2) is 28.7 Å². The molecule has 0 saturated carbocycles. The molecule has 1 heterocycles. The third-order valence-electron chi connectivity index (χ3n) is 1.56. The van der Waals surface area contributed by atoms with Crippen LogP contribution in [-0.2, 0) is 5.75 Å². The average molecular weight is 202 g/mol. The van der Waals surface area contributed by atoms with Crippen LogP contribution < -0.4 is 0 Å². The maximum Gasteiger partial charge on any atom is 0.114 e. The lowest BCUT2D eigenvalue weighted by atomic mass is 10.4. The van der Waals surface area contributed by atoms with E-state index < -0.39 is 6.10 Å².